The average molecular weight is 350 g/mol. The number of hydrogen-bond acceptors (Lipinski definition) is 4. The number of aldehydes is 2. The molecule has 0 unspecified atom stereocenters. The summed E-state index contributed by atoms with van der Waals surface area (Å²) in [6.07, 6.45) is 1.57. The Kier molecular flexibility index (Phi) is 5.55. The van der Waals surface area contributed by atoms with Crippen LogP contribution in [0, 0.1) is 0 Å². The van der Waals surface area contributed by atoms with Crippen LogP contribution in [0.5, 0.6) is 11.5 Å². The average Bonchev–Trinajstić information content (AvgIpc) is 2.69. The van der Waals surface area contributed by atoms with Gasteiger partial charge in [0.1, 0.15) is 24.1 Å². The van der Waals surface area contributed by atoms with Crippen LogP contribution in [0.15, 0.2) is 78.9 Å². The molecule has 0 bridgehead atoms. The maximum atomic E-state index is 10.8. The molecule has 25 heavy (non-hydrogen) atoms. The second kappa shape index (κ2) is 8.22. The molecule has 3 aromatic rings. The van der Waals surface area contributed by atoms with Gasteiger partial charge in [-0.3, -0.25) is 9.59 Å². The topological polar surface area (TPSA) is 52.6 Å². The summed E-state index contributed by atoms with van der Waals surface area (Å²) in [7, 11) is -1.41. The van der Waals surface area contributed by atoms with Crippen molar-refractivity contribution >= 4 is 26.3 Å². The summed E-state index contributed by atoms with van der Waals surface area (Å²) >= 11 is 0. The van der Waals surface area contributed by atoms with E-state index in [0.29, 0.717) is 22.6 Å². The van der Waals surface area contributed by atoms with Crippen LogP contribution in [0.1, 0.15) is 20.7 Å². The van der Waals surface area contributed by atoms with Crippen molar-refractivity contribution < 1.29 is 18.6 Å². The quantitative estimate of drug-likeness (QED) is 0.468. The van der Waals surface area contributed by atoms with Gasteiger partial charge in [0, 0.05) is 11.1 Å². The lowest BCUT2D eigenvalue weighted by molar-refractivity contribution is 0.111. The molecule has 0 aliphatic carbocycles. The van der Waals surface area contributed by atoms with Gasteiger partial charge < -0.3 is 9.05 Å². The normalized spacial score (nSPS) is 10.3. The van der Waals surface area contributed by atoms with E-state index in [0.717, 1.165) is 17.9 Å². The Morgan fingerprint density at radius 3 is 1.44 bits per heavy atom. The minimum absolute atomic E-state index is 0.585. The molecule has 0 aliphatic heterocycles. The summed E-state index contributed by atoms with van der Waals surface area (Å²) in [5.41, 5.74) is 1.17. The Morgan fingerprint density at radius 2 is 1.04 bits per heavy atom. The van der Waals surface area contributed by atoms with E-state index in [-0.39, 0.29) is 0 Å². The van der Waals surface area contributed by atoms with Crippen LogP contribution in [0.2, 0.25) is 0 Å². The fourth-order valence-electron chi connectivity index (χ4n) is 2.08. The van der Waals surface area contributed by atoms with Gasteiger partial charge in [-0.1, -0.05) is 18.2 Å². The van der Waals surface area contributed by atoms with E-state index < -0.39 is 8.38 Å². The molecule has 0 atom stereocenters. The minimum atomic E-state index is -1.41. The van der Waals surface area contributed by atoms with Crippen molar-refractivity contribution in [2.24, 2.45) is 0 Å². The monoisotopic (exact) mass is 350 g/mol. The molecular weight excluding hydrogens is 335 g/mol. The van der Waals surface area contributed by atoms with Crippen LogP contribution in [-0.2, 0) is 0 Å². The minimum Gasteiger partial charge on any atom is -0.435 e. The predicted octanol–water partition coefficient (Wildman–Crippen LogP) is 4.41. The third kappa shape index (κ3) is 4.52. The third-order valence-corrected chi connectivity index (χ3v) is 4.85. The van der Waals surface area contributed by atoms with Gasteiger partial charge in [-0.05, 0) is 60.7 Å². The smallest absolute Gasteiger partial charge is 0.326 e. The lowest BCUT2D eigenvalue weighted by Crippen LogP contribution is -2.09. The molecule has 0 N–H and O–H groups in total. The van der Waals surface area contributed by atoms with E-state index in [1.165, 1.54) is 0 Å². The zero-order chi connectivity index (χ0) is 17.5. The van der Waals surface area contributed by atoms with Crippen LogP contribution in [0.3, 0.4) is 0 Å². The van der Waals surface area contributed by atoms with Crippen molar-refractivity contribution in [3.8, 4) is 11.5 Å². The predicted molar refractivity (Wildman–Crippen MR) is 97.9 cm³/mol. The van der Waals surface area contributed by atoms with Crippen molar-refractivity contribution in [1.29, 1.82) is 0 Å². The van der Waals surface area contributed by atoms with Gasteiger partial charge in [0.2, 0.25) is 0 Å². The van der Waals surface area contributed by atoms with E-state index >= 15 is 0 Å². The summed E-state index contributed by atoms with van der Waals surface area (Å²) in [6, 6.07) is 23.4. The number of hydrogen-bond donors (Lipinski definition) is 0. The zero-order valence-electron chi connectivity index (χ0n) is 13.2. The van der Waals surface area contributed by atoms with Crippen molar-refractivity contribution in [3.05, 3.63) is 90.0 Å². The summed E-state index contributed by atoms with van der Waals surface area (Å²) in [5.74, 6) is 1.23. The maximum Gasteiger partial charge on any atom is 0.326 e. The first-order valence-electron chi connectivity index (χ1n) is 7.60. The standard InChI is InChI=1S/C20H15O4P/c21-14-16-6-10-18(11-7-16)23-25(20-4-2-1-3-5-20)24-19-12-8-17(15-22)9-13-19/h1-15H. The molecule has 124 valence electrons. The summed E-state index contributed by atoms with van der Waals surface area (Å²) in [6.45, 7) is 0. The van der Waals surface area contributed by atoms with Crippen molar-refractivity contribution in [2.45, 2.75) is 0 Å². The van der Waals surface area contributed by atoms with E-state index in [4.69, 9.17) is 9.05 Å². The van der Waals surface area contributed by atoms with E-state index in [1.54, 1.807) is 48.5 Å². The van der Waals surface area contributed by atoms with E-state index in [2.05, 4.69) is 0 Å². The number of carbonyl (C=O) groups is 2. The fourth-order valence-corrected chi connectivity index (χ4v) is 3.37. The Morgan fingerprint density at radius 1 is 0.600 bits per heavy atom. The Bertz CT molecular complexity index is 776. The molecule has 0 spiro atoms. The van der Waals surface area contributed by atoms with E-state index in [9.17, 15) is 9.59 Å². The second-order valence-electron chi connectivity index (χ2n) is 5.15. The summed E-state index contributed by atoms with van der Waals surface area (Å²) < 4.78 is 12.0. The van der Waals surface area contributed by atoms with Gasteiger partial charge >= 0.3 is 8.38 Å². The molecule has 0 saturated heterocycles. The van der Waals surface area contributed by atoms with Crippen LogP contribution in [-0.4, -0.2) is 12.6 Å². The van der Waals surface area contributed by atoms with Crippen LogP contribution in [0.4, 0.5) is 0 Å². The number of benzene rings is 3. The van der Waals surface area contributed by atoms with Gasteiger partial charge in [0.25, 0.3) is 0 Å². The summed E-state index contributed by atoms with van der Waals surface area (Å²) in [5, 5.41) is 0.913. The first-order chi connectivity index (χ1) is 12.3. The first kappa shape index (κ1) is 16.9. The molecule has 0 amide bonds. The lowest BCUT2D eigenvalue weighted by Gasteiger charge is -2.19. The highest BCUT2D eigenvalue weighted by molar-refractivity contribution is 7.56. The largest absolute Gasteiger partial charge is 0.435 e. The molecule has 0 fully saturated rings. The molecule has 5 heteroatoms. The fraction of sp³-hybridized carbons (Fsp3) is 0. The Balaban J connectivity index is 1.83. The molecule has 3 aromatic carbocycles. The highest BCUT2D eigenvalue weighted by atomic mass is 31.2. The summed E-state index contributed by atoms with van der Waals surface area (Å²) in [4.78, 5) is 21.5. The first-order valence-corrected chi connectivity index (χ1v) is 8.78. The van der Waals surface area contributed by atoms with Crippen LogP contribution >= 0.6 is 8.38 Å². The van der Waals surface area contributed by atoms with Crippen LogP contribution < -0.4 is 14.4 Å². The molecular formula is C20H15O4P. The molecule has 4 nitrogen and oxygen atoms in total. The number of rotatable bonds is 7. The van der Waals surface area contributed by atoms with Gasteiger partial charge in [0.15, 0.2) is 0 Å². The highest BCUT2D eigenvalue weighted by Gasteiger charge is 2.18. The molecule has 0 aliphatic rings. The van der Waals surface area contributed by atoms with Gasteiger partial charge in [-0.15, -0.1) is 0 Å². The van der Waals surface area contributed by atoms with Gasteiger partial charge in [-0.2, -0.15) is 0 Å². The Hall–Kier alpha value is -2.97. The maximum absolute atomic E-state index is 10.8. The molecule has 0 radical (unpaired) electrons. The van der Waals surface area contributed by atoms with Crippen LogP contribution in [0.25, 0.3) is 0 Å². The molecule has 0 aromatic heterocycles. The highest BCUT2D eigenvalue weighted by Crippen LogP contribution is 2.39. The third-order valence-electron chi connectivity index (χ3n) is 3.38. The second-order valence-corrected chi connectivity index (χ2v) is 6.54. The SMILES string of the molecule is O=Cc1ccc(OP(Oc2ccc(C=O)cc2)c2ccccc2)cc1. The van der Waals surface area contributed by atoms with E-state index in [1.807, 2.05) is 30.3 Å². The van der Waals surface area contributed by atoms with Crippen molar-refractivity contribution in [2.75, 3.05) is 0 Å². The van der Waals surface area contributed by atoms with Gasteiger partial charge in [0.05, 0.1) is 5.30 Å². The lowest BCUT2D eigenvalue weighted by atomic mass is 10.2. The molecule has 0 saturated carbocycles. The molecule has 3 rings (SSSR count). The van der Waals surface area contributed by atoms with Crippen molar-refractivity contribution in [1.82, 2.24) is 0 Å². The zero-order valence-corrected chi connectivity index (χ0v) is 14.1. The number of carbonyl (C=O) groups excluding carboxylic acids is 2. The Labute approximate surface area is 146 Å². The molecule has 0 heterocycles. The van der Waals surface area contributed by atoms with Crippen molar-refractivity contribution in [3.63, 3.8) is 0 Å². The van der Waals surface area contributed by atoms with Gasteiger partial charge in [-0.25, -0.2) is 0 Å².